The van der Waals surface area contributed by atoms with Crippen molar-refractivity contribution in [1.29, 1.82) is 5.26 Å². The number of para-hydroxylation sites is 1. The van der Waals surface area contributed by atoms with E-state index in [9.17, 15) is 8.42 Å². The van der Waals surface area contributed by atoms with Crippen molar-refractivity contribution in [1.82, 2.24) is 9.29 Å². The van der Waals surface area contributed by atoms with Crippen LogP contribution in [0.15, 0.2) is 47.5 Å². The second-order valence-electron chi connectivity index (χ2n) is 6.11. The van der Waals surface area contributed by atoms with Crippen molar-refractivity contribution >= 4 is 15.7 Å². The molecule has 0 fully saturated rings. The average Bonchev–Trinajstić information content (AvgIpc) is 2.79. The van der Waals surface area contributed by atoms with E-state index < -0.39 is 10.0 Å². The molecule has 1 aromatic carbocycles. The molecule has 3 rings (SSSR count). The molecule has 1 unspecified atom stereocenters. The van der Waals surface area contributed by atoms with Gasteiger partial charge in [0.2, 0.25) is 10.0 Å². The van der Waals surface area contributed by atoms with Gasteiger partial charge >= 0.3 is 0 Å². The molecular weight excluding hydrogens is 336 g/mol. The molecule has 0 saturated heterocycles. The minimum absolute atomic E-state index is 0.118. The Bertz CT molecular complexity index is 903. The minimum Gasteiger partial charge on any atom is -0.373 e. The lowest BCUT2D eigenvalue weighted by Gasteiger charge is -2.29. The molecule has 0 bridgehead atoms. The first kappa shape index (κ1) is 17.4. The summed E-state index contributed by atoms with van der Waals surface area (Å²) in [6.45, 7) is 2.94. The van der Waals surface area contributed by atoms with Crippen LogP contribution < -0.4 is 4.90 Å². The van der Waals surface area contributed by atoms with Crippen molar-refractivity contribution in [2.75, 3.05) is 18.5 Å². The number of rotatable bonds is 3. The third kappa shape index (κ3) is 3.23. The van der Waals surface area contributed by atoms with E-state index in [1.54, 1.807) is 4.31 Å². The van der Waals surface area contributed by atoms with E-state index in [4.69, 9.17) is 5.26 Å². The Balaban J connectivity index is 2.04. The molecule has 0 N–H and O–H groups in total. The summed E-state index contributed by atoms with van der Waals surface area (Å²) in [5.41, 5.74) is 2.23. The van der Waals surface area contributed by atoms with E-state index in [-0.39, 0.29) is 16.6 Å². The molecule has 1 aliphatic heterocycles. The van der Waals surface area contributed by atoms with E-state index in [1.165, 1.54) is 18.3 Å². The second kappa shape index (κ2) is 6.82. The van der Waals surface area contributed by atoms with Gasteiger partial charge in [0.25, 0.3) is 0 Å². The van der Waals surface area contributed by atoms with Gasteiger partial charge in [0, 0.05) is 38.1 Å². The quantitative estimate of drug-likeness (QED) is 0.844. The molecule has 0 spiro atoms. The van der Waals surface area contributed by atoms with Crippen LogP contribution in [0.5, 0.6) is 0 Å². The van der Waals surface area contributed by atoms with E-state index in [1.807, 2.05) is 44.3 Å². The molecule has 0 radical (unpaired) electrons. The van der Waals surface area contributed by atoms with Gasteiger partial charge in [-0.3, -0.25) is 0 Å². The third-order valence-electron chi connectivity index (χ3n) is 4.55. The number of sulfonamides is 1. The molecule has 2 aromatic rings. The lowest BCUT2D eigenvalue weighted by molar-refractivity contribution is 0.315. The van der Waals surface area contributed by atoms with Crippen molar-refractivity contribution in [2.45, 2.75) is 30.8 Å². The Labute approximate surface area is 148 Å². The maximum atomic E-state index is 13.2. The summed E-state index contributed by atoms with van der Waals surface area (Å²) in [7, 11) is -1.72. The highest BCUT2D eigenvalue weighted by Gasteiger charge is 2.34. The number of fused-ring (bicyclic) bond motifs is 1. The number of likely N-dealkylation sites (N-methyl/N-ethyl adjacent to an activating group) is 1. The summed E-state index contributed by atoms with van der Waals surface area (Å²) in [5.74, 6) is 0. The number of nitrogens with zero attached hydrogens (tertiary/aromatic N) is 4. The summed E-state index contributed by atoms with van der Waals surface area (Å²) < 4.78 is 28.0. The monoisotopic (exact) mass is 356 g/mol. The molecule has 7 heteroatoms. The second-order valence-corrected chi connectivity index (χ2v) is 8.00. The minimum atomic E-state index is -3.70. The van der Waals surface area contributed by atoms with E-state index in [0.29, 0.717) is 19.5 Å². The van der Waals surface area contributed by atoms with Gasteiger partial charge in [-0.1, -0.05) is 25.1 Å². The number of nitriles is 1. The number of pyridine rings is 1. The Kier molecular flexibility index (Phi) is 4.75. The van der Waals surface area contributed by atoms with Crippen LogP contribution in [0.1, 0.15) is 24.6 Å². The van der Waals surface area contributed by atoms with Crippen LogP contribution in [0.4, 0.5) is 5.69 Å². The zero-order chi connectivity index (χ0) is 18.0. The van der Waals surface area contributed by atoms with Crippen LogP contribution in [0.2, 0.25) is 0 Å². The fraction of sp³-hybridized carbons (Fsp3) is 0.333. The largest absolute Gasteiger partial charge is 0.373 e. The summed E-state index contributed by atoms with van der Waals surface area (Å²) >= 11 is 0. The molecule has 1 aromatic heterocycles. The SMILES string of the molecule is CCC1CN(C)c2ccccc2CN1S(=O)(=O)c1ccc(C#N)nc1. The smallest absolute Gasteiger partial charge is 0.245 e. The fourth-order valence-corrected chi connectivity index (χ4v) is 4.78. The molecule has 1 aliphatic rings. The predicted molar refractivity (Wildman–Crippen MR) is 95.5 cm³/mol. The van der Waals surface area contributed by atoms with Crippen molar-refractivity contribution in [3.05, 3.63) is 53.9 Å². The van der Waals surface area contributed by atoms with Crippen LogP contribution in [0.3, 0.4) is 0 Å². The van der Waals surface area contributed by atoms with Crippen LogP contribution in [-0.2, 0) is 16.6 Å². The molecule has 25 heavy (non-hydrogen) atoms. The summed E-state index contributed by atoms with van der Waals surface area (Å²) in [6, 6.07) is 12.5. The maximum Gasteiger partial charge on any atom is 0.245 e. The highest BCUT2D eigenvalue weighted by atomic mass is 32.2. The van der Waals surface area contributed by atoms with Crippen molar-refractivity contribution in [2.24, 2.45) is 0 Å². The summed E-state index contributed by atoms with van der Waals surface area (Å²) in [4.78, 5) is 6.14. The van der Waals surface area contributed by atoms with Gasteiger partial charge in [-0.2, -0.15) is 9.57 Å². The van der Waals surface area contributed by atoms with Gasteiger partial charge in [-0.05, 0) is 30.2 Å². The molecule has 0 aliphatic carbocycles. The van der Waals surface area contributed by atoms with Crippen molar-refractivity contribution in [3.63, 3.8) is 0 Å². The van der Waals surface area contributed by atoms with Gasteiger partial charge in [0.1, 0.15) is 16.7 Å². The Hall–Kier alpha value is -2.43. The topological polar surface area (TPSA) is 77.3 Å². The van der Waals surface area contributed by atoms with Gasteiger partial charge in [0.15, 0.2) is 0 Å². The molecule has 0 amide bonds. The number of hydrogen-bond donors (Lipinski definition) is 0. The molecule has 2 heterocycles. The van der Waals surface area contributed by atoms with Crippen molar-refractivity contribution < 1.29 is 8.42 Å². The van der Waals surface area contributed by atoms with Crippen LogP contribution in [0, 0.1) is 11.3 Å². The van der Waals surface area contributed by atoms with Gasteiger partial charge < -0.3 is 4.90 Å². The number of anilines is 1. The van der Waals surface area contributed by atoms with E-state index in [0.717, 1.165) is 11.3 Å². The van der Waals surface area contributed by atoms with Crippen LogP contribution >= 0.6 is 0 Å². The lowest BCUT2D eigenvalue weighted by atomic mass is 10.1. The first-order valence-electron chi connectivity index (χ1n) is 8.14. The van der Waals surface area contributed by atoms with Gasteiger partial charge in [0.05, 0.1) is 0 Å². The fourth-order valence-electron chi connectivity index (χ4n) is 3.17. The van der Waals surface area contributed by atoms with Crippen LogP contribution in [0.25, 0.3) is 0 Å². The van der Waals surface area contributed by atoms with E-state index in [2.05, 4.69) is 9.88 Å². The summed E-state index contributed by atoms with van der Waals surface area (Å²) in [6.07, 6.45) is 1.97. The molecule has 1 atom stereocenters. The van der Waals surface area contributed by atoms with Gasteiger partial charge in [-0.25, -0.2) is 13.4 Å². The predicted octanol–water partition coefficient (Wildman–Crippen LogP) is 2.37. The van der Waals surface area contributed by atoms with Crippen LogP contribution in [-0.4, -0.2) is 37.3 Å². The normalized spacial score (nSPS) is 18.3. The molecule has 6 nitrogen and oxygen atoms in total. The van der Waals surface area contributed by atoms with Gasteiger partial charge in [-0.15, -0.1) is 0 Å². The average molecular weight is 356 g/mol. The Morgan fingerprint density at radius 2 is 2.04 bits per heavy atom. The highest BCUT2D eigenvalue weighted by molar-refractivity contribution is 7.89. The molecule has 0 saturated carbocycles. The highest BCUT2D eigenvalue weighted by Crippen LogP contribution is 2.30. The summed E-state index contributed by atoms with van der Waals surface area (Å²) in [5, 5.41) is 8.86. The number of benzene rings is 1. The number of aromatic nitrogens is 1. The standard InChI is InChI=1S/C18H20N4O2S/c1-3-16-13-21(2)18-7-5-4-6-14(18)12-22(16)25(23,24)17-9-8-15(10-19)20-11-17/h4-9,11,16H,3,12-13H2,1-2H3. The first-order valence-corrected chi connectivity index (χ1v) is 9.58. The molecule has 130 valence electrons. The lowest BCUT2D eigenvalue weighted by Crippen LogP contribution is -2.43. The first-order chi connectivity index (χ1) is 12.0. The Morgan fingerprint density at radius 1 is 1.28 bits per heavy atom. The van der Waals surface area contributed by atoms with Crippen molar-refractivity contribution in [3.8, 4) is 6.07 Å². The molecular formula is C18H20N4O2S. The maximum absolute atomic E-state index is 13.2. The van der Waals surface area contributed by atoms with E-state index >= 15 is 0 Å². The third-order valence-corrected chi connectivity index (χ3v) is 6.43. The zero-order valence-electron chi connectivity index (χ0n) is 14.3. The Morgan fingerprint density at radius 3 is 2.68 bits per heavy atom. The number of hydrogen-bond acceptors (Lipinski definition) is 5. The zero-order valence-corrected chi connectivity index (χ0v) is 15.1.